The van der Waals surface area contributed by atoms with Crippen LogP contribution in [0.5, 0.6) is 5.75 Å². The molecular weight excluding hydrogens is 378 g/mol. The lowest BCUT2D eigenvalue weighted by molar-refractivity contribution is 0.223. The van der Waals surface area contributed by atoms with E-state index >= 15 is 0 Å². The molecule has 1 aromatic carbocycles. The molecule has 8 heteroatoms. The average molecular weight is 400 g/mol. The summed E-state index contributed by atoms with van der Waals surface area (Å²) in [5.74, 6) is 4.39. The van der Waals surface area contributed by atoms with Crippen LogP contribution < -0.4 is 10.5 Å². The molecule has 0 unspecified atom stereocenters. The van der Waals surface area contributed by atoms with Crippen LogP contribution in [0.15, 0.2) is 28.8 Å². The summed E-state index contributed by atoms with van der Waals surface area (Å²) >= 11 is 4.04. The van der Waals surface area contributed by atoms with Crippen molar-refractivity contribution in [3.05, 3.63) is 41.5 Å². The van der Waals surface area contributed by atoms with Crippen LogP contribution in [0.25, 0.3) is 0 Å². The highest BCUT2D eigenvalue weighted by Crippen LogP contribution is 2.43. The Kier molecular flexibility index (Phi) is 6.20. The smallest absolute Gasteiger partial charge is 0.264 e. The van der Waals surface area contributed by atoms with E-state index in [2.05, 4.69) is 22.3 Å². The molecule has 1 saturated carbocycles. The summed E-state index contributed by atoms with van der Waals surface area (Å²) in [5.41, 5.74) is 7.17. The lowest BCUT2D eigenvalue weighted by Gasteiger charge is -2.34. The second kappa shape index (κ2) is 8.20. The molecular formula is C17H22ClN3O2S2. The lowest BCUT2D eigenvalue weighted by atomic mass is 9.77. The summed E-state index contributed by atoms with van der Waals surface area (Å²) in [5, 5.41) is 4.00. The van der Waals surface area contributed by atoms with Crippen LogP contribution >= 0.6 is 35.9 Å². The van der Waals surface area contributed by atoms with Crippen molar-refractivity contribution in [1.29, 1.82) is 0 Å². The number of halogens is 1. The summed E-state index contributed by atoms with van der Waals surface area (Å²) in [6.45, 7) is 0.273. The monoisotopic (exact) mass is 399 g/mol. The van der Waals surface area contributed by atoms with Crippen molar-refractivity contribution in [3.63, 3.8) is 0 Å². The minimum absolute atomic E-state index is 0. The van der Waals surface area contributed by atoms with Gasteiger partial charge in [0.25, 0.3) is 5.89 Å². The first-order valence-electron chi connectivity index (χ1n) is 8.31. The highest BCUT2D eigenvalue weighted by molar-refractivity contribution is 8.16. The minimum Gasteiger partial charge on any atom is -0.484 e. The van der Waals surface area contributed by atoms with Crippen LogP contribution in [0.4, 0.5) is 0 Å². The Balaban J connectivity index is 0.00000182. The van der Waals surface area contributed by atoms with E-state index in [1.807, 2.05) is 35.7 Å². The van der Waals surface area contributed by atoms with Crippen LogP contribution in [0, 0.1) is 0 Å². The molecule has 0 amide bonds. The summed E-state index contributed by atoms with van der Waals surface area (Å²) < 4.78 is 11.6. The molecule has 2 heterocycles. The zero-order chi connectivity index (χ0) is 16.4. The normalized spacial score (nSPS) is 19.7. The Labute approximate surface area is 162 Å². The topological polar surface area (TPSA) is 74.2 Å². The quantitative estimate of drug-likeness (QED) is 0.804. The highest BCUT2D eigenvalue weighted by atomic mass is 35.5. The molecule has 0 bridgehead atoms. The van der Waals surface area contributed by atoms with Gasteiger partial charge >= 0.3 is 0 Å². The van der Waals surface area contributed by atoms with Gasteiger partial charge in [0.2, 0.25) is 0 Å². The van der Waals surface area contributed by atoms with Gasteiger partial charge in [0.05, 0.1) is 10.1 Å². The van der Waals surface area contributed by atoms with Crippen molar-refractivity contribution >= 4 is 35.9 Å². The number of nitrogens with zero attached hydrogens (tertiary/aromatic N) is 2. The van der Waals surface area contributed by atoms with Gasteiger partial charge in [-0.15, -0.1) is 35.9 Å². The third kappa shape index (κ3) is 4.27. The number of hydrogen-bond acceptors (Lipinski definition) is 7. The Bertz CT molecular complexity index is 685. The van der Waals surface area contributed by atoms with Gasteiger partial charge in [-0.3, -0.25) is 0 Å². The molecule has 0 atom stereocenters. The minimum atomic E-state index is -0.390. The Morgan fingerprint density at radius 1 is 1.16 bits per heavy atom. The van der Waals surface area contributed by atoms with Gasteiger partial charge in [0, 0.05) is 0 Å². The van der Waals surface area contributed by atoms with Crippen molar-refractivity contribution in [1.82, 2.24) is 10.1 Å². The van der Waals surface area contributed by atoms with E-state index in [9.17, 15) is 0 Å². The summed E-state index contributed by atoms with van der Waals surface area (Å²) in [4.78, 5) is 4.38. The van der Waals surface area contributed by atoms with Gasteiger partial charge in [-0.2, -0.15) is 4.98 Å². The third-order valence-electron chi connectivity index (χ3n) is 4.50. The number of hydrogen-bond donors (Lipinski definition) is 1. The van der Waals surface area contributed by atoms with E-state index < -0.39 is 5.54 Å². The van der Waals surface area contributed by atoms with Gasteiger partial charge < -0.3 is 15.0 Å². The van der Waals surface area contributed by atoms with Gasteiger partial charge in [-0.25, -0.2) is 0 Å². The number of thioether (sulfide) groups is 2. The second-order valence-electron chi connectivity index (χ2n) is 6.31. The lowest BCUT2D eigenvalue weighted by Crippen LogP contribution is -2.44. The molecule has 4 rings (SSSR count). The molecule has 0 spiro atoms. The van der Waals surface area contributed by atoms with Crippen LogP contribution in [0.2, 0.25) is 0 Å². The maximum atomic E-state index is 6.20. The van der Waals surface area contributed by atoms with Crippen molar-refractivity contribution < 1.29 is 9.26 Å². The van der Waals surface area contributed by atoms with Gasteiger partial charge in [-0.05, 0) is 54.9 Å². The fourth-order valence-electron chi connectivity index (χ4n) is 2.84. The van der Waals surface area contributed by atoms with Gasteiger partial charge in [-0.1, -0.05) is 17.3 Å². The van der Waals surface area contributed by atoms with Crippen molar-refractivity contribution in [2.24, 2.45) is 5.73 Å². The largest absolute Gasteiger partial charge is 0.484 e. The SMILES string of the molecule is Cl.NC1(c2noc(COc3ccc(C4SCCCS4)cc3)n2)CCC1. The third-order valence-corrected chi connectivity index (χ3v) is 7.52. The molecule has 2 N–H and O–H groups in total. The summed E-state index contributed by atoms with van der Waals surface area (Å²) in [6, 6.07) is 8.32. The first-order valence-corrected chi connectivity index (χ1v) is 10.4. The molecule has 5 nitrogen and oxygen atoms in total. The maximum absolute atomic E-state index is 6.20. The molecule has 25 heavy (non-hydrogen) atoms. The fourth-order valence-corrected chi connectivity index (χ4v) is 5.74. The molecule has 2 aromatic rings. The Morgan fingerprint density at radius 3 is 2.52 bits per heavy atom. The summed E-state index contributed by atoms with van der Waals surface area (Å²) in [6.07, 6.45) is 4.28. The first kappa shape index (κ1) is 18.9. The number of aromatic nitrogens is 2. The number of benzene rings is 1. The maximum Gasteiger partial charge on any atom is 0.264 e. The van der Waals surface area contributed by atoms with Crippen molar-refractivity contribution in [2.75, 3.05) is 11.5 Å². The molecule has 2 fully saturated rings. The van der Waals surface area contributed by atoms with Gasteiger partial charge in [0.1, 0.15) is 5.75 Å². The zero-order valence-electron chi connectivity index (χ0n) is 13.8. The van der Waals surface area contributed by atoms with E-state index in [0.29, 0.717) is 16.3 Å². The molecule has 1 aliphatic heterocycles. The number of nitrogens with two attached hydrogens (primary N) is 1. The molecule has 136 valence electrons. The van der Waals surface area contributed by atoms with Crippen LogP contribution in [-0.2, 0) is 12.1 Å². The predicted molar refractivity (Wildman–Crippen MR) is 104 cm³/mol. The zero-order valence-corrected chi connectivity index (χ0v) is 16.3. The van der Waals surface area contributed by atoms with Crippen LogP contribution in [0.3, 0.4) is 0 Å². The molecule has 2 aliphatic rings. The molecule has 1 aliphatic carbocycles. The predicted octanol–water partition coefficient (Wildman–Crippen LogP) is 4.28. The Morgan fingerprint density at radius 2 is 1.88 bits per heavy atom. The van der Waals surface area contributed by atoms with E-state index in [0.717, 1.165) is 25.0 Å². The second-order valence-corrected chi connectivity index (χ2v) is 9.03. The number of ether oxygens (including phenoxy) is 1. The van der Waals surface area contributed by atoms with Crippen LogP contribution in [0.1, 0.15) is 47.5 Å². The number of rotatable bonds is 5. The molecule has 0 radical (unpaired) electrons. The van der Waals surface area contributed by atoms with Gasteiger partial charge in [0.15, 0.2) is 12.4 Å². The van der Waals surface area contributed by atoms with Crippen LogP contribution in [-0.4, -0.2) is 21.6 Å². The molecule has 1 saturated heterocycles. The first-order chi connectivity index (χ1) is 11.7. The van der Waals surface area contributed by atoms with E-state index in [4.69, 9.17) is 15.0 Å². The Hall–Kier alpha value is -0.890. The van der Waals surface area contributed by atoms with E-state index in [1.54, 1.807) is 0 Å². The van der Waals surface area contributed by atoms with E-state index in [1.165, 1.54) is 23.5 Å². The average Bonchev–Trinajstić information content (AvgIpc) is 3.08. The highest BCUT2D eigenvalue weighted by Gasteiger charge is 2.39. The van der Waals surface area contributed by atoms with Crippen molar-refractivity contribution in [2.45, 2.75) is 42.4 Å². The fraction of sp³-hybridized carbons (Fsp3) is 0.529. The van der Waals surface area contributed by atoms with Crippen molar-refractivity contribution in [3.8, 4) is 5.75 Å². The van der Waals surface area contributed by atoms with E-state index in [-0.39, 0.29) is 19.0 Å². The molecule has 1 aromatic heterocycles. The standard InChI is InChI=1S/C17H21N3O2S2.ClH/c18-17(7-1-8-17)16-19-14(22-20-16)11-21-13-5-3-12(4-6-13)15-23-9-2-10-24-15;/h3-6,15H,1-2,7-11,18H2;1H. The summed E-state index contributed by atoms with van der Waals surface area (Å²) in [7, 11) is 0.